The molecular weight excluding hydrogens is 361 g/mol. The summed E-state index contributed by atoms with van der Waals surface area (Å²) in [6, 6.07) is 2.82. The number of benzene rings is 1. The molecule has 0 saturated heterocycles. The highest BCUT2D eigenvalue weighted by molar-refractivity contribution is 9.10. The third-order valence-electron chi connectivity index (χ3n) is 2.60. The molecule has 0 aliphatic carbocycles. The van der Waals surface area contributed by atoms with Crippen LogP contribution in [0.15, 0.2) is 16.6 Å². The number of hydrogen-bond acceptors (Lipinski definition) is 2. The van der Waals surface area contributed by atoms with Crippen LogP contribution in [-0.2, 0) is 11.3 Å². The number of carbonyl (C=O) groups excluding carboxylic acids is 1. The zero-order valence-electron chi connectivity index (χ0n) is 12.7. The molecule has 0 heterocycles. The number of nitrogens with zero attached hydrogens (tertiary/aromatic N) is 1. The van der Waals surface area contributed by atoms with Crippen molar-refractivity contribution in [1.29, 1.82) is 0 Å². The molecule has 1 rings (SSSR count). The Kier molecular flexibility index (Phi) is 6.47. The second-order valence-electron chi connectivity index (χ2n) is 5.76. The van der Waals surface area contributed by atoms with Crippen molar-refractivity contribution >= 4 is 33.6 Å². The topological polar surface area (TPSA) is 29.5 Å². The predicted octanol–water partition coefficient (Wildman–Crippen LogP) is 5.39. The number of ether oxygens (including phenoxy) is 1. The van der Waals surface area contributed by atoms with Gasteiger partial charge < -0.3 is 9.64 Å². The zero-order valence-corrected chi connectivity index (χ0v) is 15.0. The van der Waals surface area contributed by atoms with Gasteiger partial charge in [0.25, 0.3) is 0 Å². The van der Waals surface area contributed by atoms with Gasteiger partial charge in [-0.15, -0.1) is 0 Å². The van der Waals surface area contributed by atoms with E-state index in [9.17, 15) is 9.18 Å². The van der Waals surface area contributed by atoms with Gasteiger partial charge in [-0.2, -0.15) is 0 Å². The van der Waals surface area contributed by atoms with Crippen LogP contribution in [0.4, 0.5) is 9.18 Å². The van der Waals surface area contributed by atoms with Crippen LogP contribution in [0.25, 0.3) is 0 Å². The molecule has 0 N–H and O–H groups in total. The fourth-order valence-electron chi connectivity index (χ4n) is 1.72. The summed E-state index contributed by atoms with van der Waals surface area (Å²) < 4.78 is 19.3. The molecule has 1 aromatic carbocycles. The van der Waals surface area contributed by atoms with E-state index in [2.05, 4.69) is 15.9 Å². The van der Waals surface area contributed by atoms with E-state index >= 15 is 0 Å². The second kappa shape index (κ2) is 7.45. The van der Waals surface area contributed by atoms with E-state index in [1.54, 1.807) is 20.8 Å². The molecule has 0 saturated carbocycles. The van der Waals surface area contributed by atoms with E-state index in [-0.39, 0.29) is 6.54 Å². The number of hydrogen-bond donors (Lipinski definition) is 0. The summed E-state index contributed by atoms with van der Waals surface area (Å²) >= 11 is 9.19. The van der Waals surface area contributed by atoms with Gasteiger partial charge in [0.15, 0.2) is 0 Å². The minimum Gasteiger partial charge on any atom is -0.444 e. The van der Waals surface area contributed by atoms with Crippen LogP contribution in [-0.4, -0.2) is 23.1 Å². The average Bonchev–Trinajstić information content (AvgIpc) is 2.33. The van der Waals surface area contributed by atoms with Crippen molar-refractivity contribution in [1.82, 2.24) is 4.90 Å². The van der Waals surface area contributed by atoms with Gasteiger partial charge in [-0.1, -0.05) is 18.5 Å². The van der Waals surface area contributed by atoms with Crippen molar-refractivity contribution in [2.45, 2.75) is 46.3 Å². The molecule has 0 radical (unpaired) electrons. The lowest BCUT2D eigenvalue weighted by Gasteiger charge is -2.27. The van der Waals surface area contributed by atoms with E-state index in [0.717, 1.165) is 6.42 Å². The Morgan fingerprint density at radius 2 is 2.05 bits per heavy atom. The fraction of sp³-hybridized carbons (Fsp3) is 0.533. The molecule has 0 aliphatic heterocycles. The maximum absolute atomic E-state index is 13.6. The largest absolute Gasteiger partial charge is 0.444 e. The first kappa shape index (κ1) is 18.2. The van der Waals surface area contributed by atoms with Gasteiger partial charge in [-0.3, -0.25) is 0 Å². The highest BCUT2D eigenvalue weighted by Crippen LogP contribution is 2.26. The van der Waals surface area contributed by atoms with Crippen LogP contribution >= 0.6 is 27.5 Å². The highest BCUT2D eigenvalue weighted by Gasteiger charge is 2.22. The van der Waals surface area contributed by atoms with Crippen LogP contribution < -0.4 is 0 Å². The average molecular weight is 381 g/mol. The van der Waals surface area contributed by atoms with E-state index < -0.39 is 17.5 Å². The Morgan fingerprint density at radius 3 is 2.57 bits per heavy atom. The molecule has 0 aromatic heterocycles. The summed E-state index contributed by atoms with van der Waals surface area (Å²) in [6.45, 7) is 8.11. The standard InChI is InChI=1S/C15H20BrClFNO2/c1-5-6-19(14(20)21-15(2,3)4)9-10-7-13(18)11(16)8-12(10)17/h7-8H,5-6,9H2,1-4H3. The first-order valence-electron chi connectivity index (χ1n) is 6.75. The summed E-state index contributed by atoms with van der Waals surface area (Å²) in [7, 11) is 0. The van der Waals surface area contributed by atoms with Crippen LogP contribution in [0, 0.1) is 5.82 Å². The van der Waals surface area contributed by atoms with Crippen LogP contribution in [0.1, 0.15) is 39.7 Å². The Hall–Kier alpha value is -0.810. The molecule has 0 unspecified atom stereocenters. The third-order valence-corrected chi connectivity index (χ3v) is 3.56. The summed E-state index contributed by atoms with van der Waals surface area (Å²) in [5.41, 5.74) is -0.0191. The Labute approximate surface area is 138 Å². The molecular formula is C15H20BrClFNO2. The Morgan fingerprint density at radius 1 is 1.43 bits per heavy atom. The van der Waals surface area contributed by atoms with Crippen LogP contribution in [0.3, 0.4) is 0 Å². The van der Waals surface area contributed by atoms with Gasteiger partial charge in [0, 0.05) is 11.6 Å². The quantitative estimate of drug-likeness (QED) is 0.656. The maximum Gasteiger partial charge on any atom is 0.410 e. The van der Waals surface area contributed by atoms with Crippen LogP contribution in [0.2, 0.25) is 5.02 Å². The van der Waals surface area contributed by atoms with Crippen LogP contribution in [0.5, 0.6) is 0 Å². The molecule has 6 heteroatoms. The summed E-state index contributed by atoms with van der Waals surface area (Å²) in [4.78, 5) is 13.7. The minimum atomic E-state index is -0.572. The SMILES string of the molecule is CCCN(Cc1cc(F)c(Br)cc1Cl)C(=O)OC(C)(C)C. The Bertz CT molecular complexity index is 517. The molecule has 0 fully saturated rings. The van der Waals surface area contributed by atoms with Gasteiger partial charge in [-0.05, 0) is 60.8 Å². The number of rotatable bonds is 4. The van der Waals surface area contributed by atoms with E-state index in [4.69, 9.17) is 16.3 Å². The van der Waals surface area contributed by atoms with Gasteiger partial charge >= 0.3 is 6.09 Å². The van der Waals surface area contributed by atoms with Crippen molar-refractivity contribution in [3.05, 3.63) is 33.0 Å². The van der Waals surface area contributed by atoms with Crippen molar-refractivity contribution in [3.63, 3.8) is 0 Å². The summed E-state index contributed by atoms with van der Waals surface area (Å²) in [6.07, 6.45) is 0.347. The minimum absolute atomic E-state index is 0.214. The molecule has 21 heavy (non-hydrogen) atoms. The zero-order chi connectivity index (χ0) is 16.2. The lowest BCUT2D eigenvalue weighted by molar-refractivity contribution is 0.0233. The van der Waals surface area contributed by atoms with Gasteiger partial charge in [0.2, 0.25) is 0 Å². The number of halogens is 3. The molecule has 1 aromatic rings. The normalized spacial score (nSPS) is 11.4. The van der Waals surface area contributed by atoms with Crippen molar-refractivity contribution in [2.75, 3.05) is 6.54 Å². The molecule has 0 atom stereocenters. The number of amides is 1. The third kappa shape index (κ3) is 5.83. The van der Waals surface area contributed by atoms with Crippen molar-refractivity contribution in [2.24, 2.45) is 0 Å². The summed E-state index contributed by atoms with van der Waals surface area (Å²) in [5.74, 6) is -0.407. The molecule has 0 spiro atoms. The fourth-order valence-corrected chi connectivity index (χ4v) is 2.42. The lowest BCUT2D eigenvalue weighted by atomic mass is 10.2. The predicted molar refractivity (Wildman–Crippen MR) is 86.0 cm³/mol. The van der Waals surface area contributed by atoms with Crippen molar-refractivity contribution in [3.8, 4) is 0 Å². The number of carbonyl (C=O) groups is 1. The lowest BCUT2D eigenvalue weighted by Crippen LogP contribution is -2.37. The van der Waals surface area contributed by atoms with E-state index in [1.807, 2.05) is 6.92 Å². The van der Waals surface area contributed by atoms with Gasteiger partial charge in [0.1, 0.15) is 11.4 Å². The van der Waals surface area contributed by atoms with Gasteiger partial charge in [0.05, 0.1) is 11.0 Å². The van der Waals surface area contributed by atoms with E-state index in [1.165, 1.54) is 17.0 Å². The first-order valence-corrected chi connectivity index (χ1v) is 7.92. The Balaban J connectivity index is 2.93. The molecule has 3 nitrogen and oxygen atoms in total. The van der Waals surface area contributed by atoms with Crippen molar-refractivity contribution < 1.29 is 13.9 Å². The van der Waals surface area contributed by atoms with E-state index in [0.29, 0.717) is 21.6 Å². The summed E-state index contributed by atoms with van der Waals surface area (Å²) in [5, 5.41) is 0.410. The first-order chi connectivity index (χ1) is 9.64. The molecule has 0 bridgehead atoms. The highest BCUT2D eigenvalue weighted by atomic mass is 79.9. The monoisotopic (exact) mass is 379 g/mol. The second-order valence-corrected chi connectivity index (χ2v) is 7.02. The van der Waals surface area contributed by atoms with Gasteiger partial charge in [-0.25, -0.2) is 9.18 Å². The smallest absolute Gasteiger partial charge is 0.410 e. The molecule has 118 valence electrons. The molecule has 1 amide bonds. The molecule has 0 aliphatic rings. The maximum atomic E-state index is 13.6.